The molecular formula is C19H24N4O. The Morgan fingerprint density at radius 3 is 2.42 bits per heavy atom. The van der Waals surface area contributed by atoms with Gasteiger partial charge in [0.2, 0.25) is 5.88 Å². The van der Waals surface area contributed by atoms with Crippen molar-refractivity contribution in [2.24, 2.45) is 0 Å². The lowest BCUT2D eigenvalue weighted by Gasteiger charge is -2.25. The summed E-state index contributed by atoms with van der Waals surface area (Å²) < 4.78 is 8.12. The van der Waals surface area contributed by atoms with Gasteiger partial charge in [-0.2, -0.15) is 4.98 Å². The van der Waals surface area contributed by atoms with Crippen LogP contribution >= 0.6 is 0 Å². The van der Waals surface area contributed by atoms with Crippen molar-refractivity contribution < 1.29 is 4.74 Å². The molecule has 5 heteroatoms. The minimum atomic E-state index is -0.112. The topological polar surface area (TPSA) is 52.8 Å². The minimum Gasteiger partial charge on any atom is -0.471 e. The molecule has 3 aromatic rings. The van der Waals surface area contributed by atoms with Crippen LogP contribution in [0.2, 0.25) is 0 Å². The fourth-order valence-corrected chi connectivity index (χ4v) is 2.77. The Hall–Kier alpha value is -2.43. The molecule has 0 N–H and O–H groups in total. The van der Waals surface area contributed by atoms with Crippen LogP contribution in [-0.4, -0.2) is 19.5 Å². The first-order valence-electron chi connectivity index (χ1n) is 8.28. The van der Waals surface area contributed by atoms with Gasteiger partial charge in [0.1, 0.15) is 18.8 Å². The van der Waals surface area contributed by atoms with Crippen LogP contribution in [0.25, 0.3) is 11.2 Å². The van der Waals surface area contributed by atoms with Gasteiger partial charge in [0, 0.05) is 11.5 Å². The highest BCUT2D eigenvalue weighted by molar-refractivity contribution is 5.77. The lowest BCUT2D eigenvalue weighted by atomic mass is 10.1. The van der Waals surface area contributed by atoms with Crippen molar-refractivity contribution in [3.63, 3.8) is 0 Å². The van der Waals surface area contributed by atoms with Crippen LogP contribution in [-0.2, 0) is 12.1 Å². The Bertz CT molecular complexity index is 832. The monoisotopic (exact) mass is 324 g/mol. The Balaban J connectivity index is 2.04. The molecule has 3 rings (SSSR count). The van der Waals surface area contributed by atoms with Gasteiger partial charge in [-0.25, -0.2) is 9.97 Å². The van der Waals surface area contributed by atoms with Crippen LogP contribution < -0.4 is 4.74 Å². The third-order valence-corrected chi connectivity index (χ3v) is 3.84. The van der Waals surface area contributed by atoms with Gasteiger partial charge in [-0.1, -0.05) is 44.2 Å². The van der Waals surface area contributed by atoms with E-state index in [4.69, 9.17) is 9.72 Å². The van der Waals surface area contributed by atoms with Crippen molar-refractivity contribution in [1.82, 2.24) is 19.5 Å². The first-order valence-corrected chi connectivity index (χ1v) is 8.28. The summed E-state index contributed by atoms with van der Waals surface area (Å²) in [6.45, 7) is 11.2. The van der Waals surface area contributed by atoms with Crippen LogP contribution in [0.3, 0.4) is 0 Å². The number of imidazole rings is 1. The third-order valence-electron chi connectivity index (χ3n) is 3.84. The maximum atomic E-state index is 5.94. The molecule has 0 spiro atoms. The van der Waals surface area contributed by atoms with E-state index in [-0.39, 0.29) is 5.54 Å². The van der Waals surface area contributed by atoms with E-state index >= 15 is 0 Å². The second kappa shape index (κ2) is 6.23. The van der Waals surface area contributed by atoms with E-state index in [2.05, 4.69) is 49.2 Å². The number of rotatable bonds is 4. The summed E-state index contributed by atoms with van der Waals surface area (Å²) in [5.41, 5.74) is 2.54. The molecule has 0 saturated carbocycles. The van der Waals surface area contributed by atoms with Crippen LogP contribution in [0.1, 0.15) is 51.9 Å². The highest BCUT2D eigenvalue weighted by atomic mass is 16.5. The number of aromatic nitrogens is 4. The molecular weight excluding hydrogens is 300 g/mol. The zero-order valence-electron chi connectivity index (χ0n) is 14.9. The van der Waals surface area contributed by atoms with Gasteiger partial charge in [-0.05, 0) is 26.3 Å². The van der Waals surface area contributed by atoms with Gasteiger partial charge in [0.15, 0.2) is 11.2 Å². The largest absolute Gasteiger partial charge is 0.471 e. The second-order valence-corrected chi connectivity index (χ2v) is 7.26. The molecule has 0 amide bonds. The lowest BCUT2D eigenvalue weighted by molar-refractivity contribution is 0.297. The summed E-state index contributed by atoms with van der Waals surface area (Å²) in [6.07, 6.45) is 1.55. The summed E-state index contributed by atoms with van der Waals surface area (Å²) in [7, 11) is 0. The fraction of sp³-hybridized carbons (Fsp3) is 0.421. The second-order valence-electron chi connectivity index (χ2n) is 7.26. The average molecular weight is 324 g/mol. The van der Waals surface area contributed by atoms with Gasteiger partial charge in [0.05, 0.1) is 0 Å². The SMILES string of the molecule is CC(C)c1nc2c(OCc3ccccc3)ncnc2n1C(C)(C)C. The van der Waals surface area contributed by atoms with E-state index in [9.17, 15) is 0 Å². The molecule has 0 saturated heterocycles. The van der Waals surface area contributed by atoms with Gasteiger partial charge in [-0.15, -0.1) is 0 Å². The van der Waals surface area contributed by atoms with Crippen LogP contribution in [0.4, 0.5) is 0 Å². The molecule has 2 aromatic heterocycles. The smallest absolute Gasteiger partial charge is 0.245 e. The van der Waals surface area contributed by atoms with Crippen molar-refractivity contribution in [2.75, 3.05) is 0 Å². The van der Waals surface area contributed by atoms with Crippen molar-refractivity contribution >= 4 is 11.2 Å². The van der Waals surface area contributed by atoms with Gasteiger partial charge >= 0.3 is 0 Å². The quantitative estimate of drug-likeness (QED) is 0.718. The number of hydrogen-bond donors (Lipinski definition) is 0. The molecule has 0 aliphatic carbocycles. The standard InChI is InChI=1S/C19H24N4O/c1-13(2)16-22-15-17(23(16)19(3,4)5)20-12-21-18(15)24-11-14-9-7-6-8-10-14/h6-10,12-13H,11H2,1-5H3. The third kappa shape index (κ3) is 3.11. The summed E-state index contributed by atoms with van der Waals surface area (Å²) in [6, 6.07) is 10.1. The fourth-order valence-electron chi connectivity index (χ4n) is 2.77. The molecule has 24 heavy (non-hydrogen) atoms. The lowest BCUT2D eigenvalue weighted by Crippen LogP contribution is -2.25. The van der Waals surface area contributed by atoms with Crippen molar-refractivity contribution in [3.05, 3.63) is 48.0 Å². The van der Waals surface area contributed by atoms with Crippen LogP contribution in [0.5, 0.6) is 5.88 Å². The Kier molecular flexibility index (Phi) is 4.26. The maximum Gasteiger partial charge on any atom is 0.245 e. The Morgan fingerprint density at radius 1 is 1.08 bits per heavy atom. The van der Waals surface area contributed by atoms with Crippen molar-refractivity contribution in [2.45, 2.75) is 52.7 Å². The molecule has 126 valence electrons. The van der Waals surface area contributed by atoms with Crippen molar-refractivity contribution in [1.29, 1.82) is 0 Å². The number of ether oxygens (including phenoxy) is 1. The maximum absolute atomic E-state index is 5.94. The molecule has 0 aliphatic rings. The van der Waals surface area contributed by atoms with E-state index in [0.29, 0.717) is 18.4 Å². The highest BCUT2D eigenvalue weighted by Crippen LogP contribution is 2.31. The first-order chi connectivity index (χ1) is 11.4. The normalized spacial score (nSPS) is 12.1. The van der Waals surface area contributed by atoms with Gasteiger partial charge < -0.3 is 9.30 Å². The van der Waals surface area contributed by atoms with E-state index in [1.165, 1.54) is 0 Å². The molecule has 0 bridgehead atoms. The number of fused-ring (bicyclic) bond motifs is 1. The molecule has 0 aliphatic heterocycles. The predicted molar refractivity (Wildman–Crippen MR) is 95.2 cm³/mol. The first kappa shape index (κ1) is 16.4. The molecule has 0 unspecified atom stereocenters. The Labute approximate surface area is 142 Å². The van der Waals surface area contributed by atoms with E-state index in [1.807, 2.05) is 30.3 Å². The molecule has 0 atom stereocenters. The van der Waals surface area contributed by atoms with E-state index in [1.54, 1.807) is 6.33 Å². The summed E-state index contributed by atoms with van der Waals surface area (Å²) >= 11 is 0. The molecule has 0 radical (unpaired) electrons. The zero-order chi connectivity index (χ0) is 17.3. The van der Waals surface area contributed by atoms with E-state index in [0.717, 1.165) is 22.6 Å². The number of hydrogen-bond acceptors (Lipinski definition) is 4. The zero-order valence-corrected chi connectivity index (χ0v) is 14.9. The average Bonchev–Trinajstić information content (AvgIpc) is 2.94. The Morgan fingerprint density at radius 2 is 1.79 bits per heavy atom. The van der Waals surface area contributed by atoms with Crippen LogP contribution in [0.15, 0.2) is 36.7 Å². The number of benzene rings is 1. The van der Waals surface area contributed by atoms with Crippen LogP contribution in [0, 0.1) is 0 Å². The summed E-state index contributed by atoms with van der Waals surface area (Å²) in [5, 5.41) is 0. The summed E-state index contributed by atoms with van der Waals surface area (Å²) in [5.74, 6) is 1.83. The van der Waals surface area contributed by atoms with Gasteiger partial charge in [0.25, 0.3) is 0 Å². The molecule has 2 heterocycles. The van der Waals surface area contributed by atoms with E-state index < -0.39 is 0 Å². The number of nitrogens with zero attached hydrogens (tertiary/aromatic N) is 4. The van der Waals surface area contributed by atoms with Gasteiger partial charge in [-0.3, -0.25) is 0 Å². The minimum absolute atomic E-state index is 0.112. The van der Waals surface area contributed by atoms with Crippen molar-refractivity contribution in [3.8, 4) is 5.88 Å². The molecule has 5 nitrogen and oxygen atoms in total. The predicted octanol–water partition coefficient (Wildman–Crippen LogP) is 4.28. The molecule has 1 aromatic carbocycles. The highest BCUT2D eigenvalue weighted by Gasteiger charge is 2.26. The summed E-state index contributed by atoms with van der Waals surface area (Å²) in [4.78, 5) is 13.6. The molecule has 0 fully saturated rings.